The number of carbonyl (C=O) groups is 1. The number of amides is 1. The molecule has 1 N–H and O–H groups in total. The lowest BCUT2D eigenvalue weighted by molar-refractivity contribution is 0.0951. The van der Waals surface area contributed by atoms with Gasteiger partial charge < -0.3 is 10.2 Å². The van der Waals surface area contributed by atoms with Crippen LogP contribution in [0.2, 0.25) is 0 Å². The van der Waals surface area contributed by atoms with Gasteiger partial charge in [-0.2, -0.15) is 0 Å². The highest BCUT2D eigenvalue weighted by Gasteiger charge is 2.04. The highest BCUT2D eigenvalue weighted by molar-refractivity contribution is 5.94. The summed E-state index contributed by atoms with van der Waals surface area (Å²) < 4.78 is 12.6. The molecule has 82 valence electrons. The van der Waals surface area contributed by atoms with Gasteiger partial charge in [-0.25, -0.2) is 4.39 Å². The molecule has 0 unspecified atom stereocenters. The number of nitrogens with zero attached hydrogens (tertiary/aromatic N) is 1. The van der Waals surface area contributed by atoms with Gasteiger partial charge in [-0.1, -0.05) is 0 Å². The van der Waals surface area contributed by atoms with Crippen LogP contribution in [0.4, 0.5) is 4.39 Å². The van der Waals surface area contributed by atoms with Crippen LogP contribution in [-0.2, 0) is 0 Å². The van der Waals surface area contributed by atoms with Gasteiger partial charge in [0.1, 0.15) is 5.82 Å². The predicted molar refractivity (Wildman–Crippen MR) is 57.3 cm³/mol. The van der Waals surface area contributed by atoms with E-state index in [4.69, 9.17) is 0 Å². The highest BCUT2D eigenvalue weighted by atomic mass is 19.1. The summed E-state index contributed by atoms with van der Waals surface area (Å²) in [7, 11) is 3.87. The molecule has 0 heterocycles. The van der Waals surface area contributed by atoms with E-state index in [9.17, 15) is 9.18 Å². The largest absolute Gasteiger partial charge is 0.351 e. The lowest BCUT2D eigenvalue weighted by atomic mass is 10.2. The molecule has 3 nitrogen and oxygen atoms in total. The van der Waals surface area contributed by atoms with E-state index in [0.717, 1.165) is 6.54 Å². The van der Waals surface area contributed by atoms with Crippen LogP contribution < -0.4 is 5.32 Å². The Labute approximate surface area is 88.9 Å². The van der Waals surface area contributed by atoms with E-state index in [1.807, 2.05) is 19.0 Å². The van der Waals surface area contributed by atoms with E-state index in [-0.39, 0.29) is 11.7 Å². The molecule has 0 fully saturated rings. The van der Waals surface area contributed by atoms with E-state index in [1.54, 1.807) is 0 Å². The Morgan fingerprint density at radius 2 is 1.93 bits per heavy atom. The molecule has 0 aliphatic heterocycles. The minimum absolute atomic E-state index is 0.170. The van der Waals surface area contributed by atoms with Crippen LogP contribution in [0.15, 0.2) is 24.3 Å². The quantitative estimate of drug-likeness (QED) is 0.807. The molecular weight excluding hydrogens is 195 g/mol. The summed E-state index contributed by atoms with van der Waals surface area (Å²) in [5.74, 6) is -0.503. The Morgan fingerprint density at radius 1 is 1.33 bits per heavy atom. The molecule has 4 heteroatoms. The van der Waals surface area contributed by atoms with Crippen LogP contribution in [-0.4, -0.2) is 38.0 Å². The van der Waals surface area contributed by atoms with Crippen molar-refractivity contribution < 1.29 is 9.18 Å². The van der Waals surface area contributed by atoms with Gasteiger partial charge in [0.15, 0.2) is 0 Å². The molecule has 0 aliphatic rings. The van der Waals surface area contributed by atoms with Crippen molar-refractivity contribution in [3.05, 3.63) is 35.6 Å². The van der Waals surface area contributed by atoms with Crippen LogP contribution in [0.3, 0.4) is 0 Å². The molecule has 0 radical (unpaired) electrons. The van der Waals surface area contributed by atoms with Crippen molar-refractivity contribution in [1.29, 1.82) is 0 Å². The first kappa shape index (κ1) is 11.7. The van der Waals surface area contributed by atoms with Gasteiger partial charge in [0.05, 0.1) is 0 Å². The molecule has 0 bridgehead atoms. The summed E-state index contributed by atoms with van der Waals surface area (Å²) in [5.41, 5.74) is 0.482. The number of benzene rings is 1. The number of hydrogen-bond donors (Lipinski definition) is 1. The van der Waals surface area contributed by atoms with E-state index < -0.39 is 0 Å². The molecule has 1 amide bonds. The first-order chi connectivity index (χ1) is 7.09. The molecule has 0 spiro atoms. The van der Waals surface area contributed by atoms with Crippen molar-refractivity contribution in [3.63, 3.8) is 0 Å². The zero-order chi connectivity index (χ0) is 11.3. The fourth-order valence-electron chi connectivity index (χ4n) is 1.10. The molecule has 0 atom stereocenters. The van der Waals surface area contributed by atoms with Crippen molar-refractivity contribution in [1.82, 2.24) is 10.2 Å². The first-order valence-electron chi connectivity index (χ1n) is 4.78. The Kier molecular flexibility index (Phi) is 4.24. The molecule has 0 aromatic heterocycles. The number of halogens is 1. The molecule has 1 aromatic carbocycles. The predicted octanol–water partition coefficient (Wildman–Crippen LogP) is 1.12. The second kappa shape index (κ2) is 5.46. The number of likely N-dealkylation sites (N-methyl/N-ethyl adjacent to an activating group) is 1. The molecule has 1 rings (SSSR count). The summed E-state index contributed by atoms with van der Waals surface area (Å²) >= 11 is 0. The average Bonchev–Trinajstić information content (AvgIpc) is 2.18. The van der Waals surface area contributed by atoms with Crippen molar-refractivity contribution in [2.24, 2.45) is 0 Å². The van der Waals surface area contributed by atoms with Gasteiger partial charge in [0.25, 0.3) is 5.91 Å². The standard InChI is InChI=1S/C11H15FN2O/c1-14(2)8-7-13-11(15)9-3-5-10(12)6-4-9/h3-6H,7-8H2,1-2H3,(H,13,15). The van der Waals surface area contributed by atoms with E-state index in [2.05, 4.69) is 5.32 Å². The normalized spacial score (nSPS) is 10.4. The highest BCUT2D eigenvalue weighted by Crippen LogP contribution is 2.01. The molecule has 15 heavy (non-hydrogen) atoms. The summed E-state index contributed by atoms with van der Waals surface area (Å²) in [4.78, 5) is 13.5. The van der Waals surface area contributed by atoms with Crippen LogP contribution in [0.25, 0.3) is 0 Å². The third-order valence-corrected chi connectivity index (χ3v) is 1.95. The topological polar surface area (TPSA) is 32.3 Å². The summed E-state index contributed by atoms with van der Waals surface area (Å²) in [6.45, 7) is 1.37. The lowest BCUT2D eigenvalue weighted by Gasteiger charge is -2.10. The van der Waals surface area contributed by atoms with Gasteiger partial charge in [0, 0.05) is 18.7 Å². The maximum absolute atomic E-state index is 12.6. The maximum Gasteiger partial charge on any atom is 0.251 e. The summed E-state index contributed by atoms with van der Waals surface area (Å²) in [5, 5.41) is 2.75. The maximum atomic E-state index is 12.6. The molecule has 0 saturated heterocycles. The summed E-state index contributed by atoms with van der Waals surface area (Å²) in [6, 6.07) is 5.50. The zero-order valence-electron chi connectivity index (χ0n) is 8.96. The number of rotatable bonds is 4. The smallest absolute Gasteiger partial charge is 0.251 e. The molecule has 0 aliphatic carbocycles. The molecule has 1 aromatic rings. The first-order valence-corrected chi connectivity index (χ1v) is 4.78. The van der Waals surface area contributed by atoms with Crippen LogP contribution >= 0.6 is 0 Å². The van der Waals surface area contributed by atoms with Crippen molar-refractivity contribution in [2.75, 3.05) is 27.2 Å². The Hall–Kier alpha value is -1.42. The monoisotopic (exact) mass is 210 g/mol. The van der Waals surface area contributed by atoms with Crippen LogP contribution in [0.5, 0.6) is 0 Å². The third kappa shape index (κ3) is 4.08. The van der Waals surface area contributed by atoms with Crippen molar-refractivity contribution in [2.45, 2.75) is 0 Å². The SMILES string of the molecule is CN(C)CCNC(=O)c1ccc(F)cc1. The molecule has 0 saturated carbocycles. The Morgan fingerprint density at radius 3 is 2.47 bits per heavy atom. The number of nitrogens with one attached hydrogen (secondary N) is 1. The number of carbonyl (C=O) groups excluding carboxylic acids is 1. The third-order valence-electron chi connectivity index (χ3n) is 1.95. The van der Waals surface area contributed by atoms with Crippen LogP contribution in [0, 0.1) is 5.82 Å². The molecular formula is C11H15FN2O. The Bertz CT molecular complexity index is 322. The Balaban J connectivity index is 2.43. The van der Waals surface area contributed by atoms with E-state index in [0.29, 0.717) is 12.1 Å². The van der Waals surface area contributed by atoms with Gasteiger partial charge in [-0.3, -0.25) is 4.79 Å². The zero-order valence-corrected chi connectivity index (χ0v) is 8.96. The van der Waals surface area contributed by atoms with E-state index in [1.165, 1.54) is 24.3 Å². The second-order valence-corrected chi connectivity index (χ2v) is 3.57. The van der Waals surface area contributed by atoms with Crippen molar-refractivity contribution >= 4 is 5.91 Å². The van der Waals surface area contributed by atoms with E-state index >= 15 is 0 Å². The summed E-state index contributed by atoms with van der Waals surface area (Å²) in [6.07, 6.45) is 0. The average molecular weight is 210 g/mol. The minimum Gasteiger partial charge on any atom is -0.351 e. The second-order valence-electron chi connectivity index (χ2n) is 3.57. The number of hydrogen-bond acceptors (Lipinski definition) is 2. The lowest BCUT2D eigenvalue weighted by Crippen LogP contribution is -2.31. The van der Waals surface area contributed by atoms with Crippen LogP contribution in [0.1, 0.15) is 10.4 Å². The minimum atomic E-state index is -0.333. The van der Waals surface area contributed by atoms with Gasteiger partial charge in [-0.05, 0) is 38.4 Å². The van der Waals surface area contributed by atoms with Gasteiger partial charge in [0.2, 0.25) is 0 Å². The fourth-order valence-corrected chi connectivity index (χ4v) is 1.10. The van der Waals surface area contributed by atoms with Gasteiger partial charge >= 0.3 is 0 Å². The fraction of sp³-hybridized carbons (Fsp3) is 0.364. The van der Waals surface area contributed by atoms with Gasteiger partial charge in [-0.15, -0.1) is 0 Å². The van der Waals surface area contributed by atoms with Crippen molar-refractivity contribution in [3.8, 4) is 0 Å².